The Morgan fingerprint density at radius 1 is 1.53 bits per heavy atom. The lowest BCUT2D eigenvalue weighted by molar-refractivity contribution is 0.610. The highest BCUT2D eigenvalue weighted by Crippen LogP contribution is 2.25. The molecule has 0 bridgehead atoms. The fraction of sp³-hybridized carbons (Fsp3) is 0.364. The fourth-order valence-electron chi connectivity index (χ4n) is 1.70. The molecule has 0 spiro atoms. The summed E-state index contributed by atoms with van der Waals surface area (Å²) in [6.07, 6.45) is 0.951. The second-order valence-corrected chi connectivity index (χ2v) is 4.12. The van der Waals surface area contributed by atoms with E-state index in [-0.39, 0.29) is 0 Å². The fourth-order valence-corrected chi connectivity index (χ4v) is 1.96. The van der Waals surface area contributed by atoms with Crippen molar-refractivity contribution < 1.29 is 0 Å². The van der Waals surface area contributed by atoms with Crippen molar-refractivity contribution in [2.24, 2.45) is 0 Å². The van der Waals surface area contributed by atoms with Gasteiger partial charge in [-0.25, -0.2) is 0 Å². The molecule has 0 aliphatic carbocycles. The van der Waals surface area contributed by atoms with Gasteiger partial charge < -0.3 is 5.32 Å². The van der Waals surface area contributed by atoms with Crippen LogP contribution >= 0.6 is 11.6 Å². The Morgan fingerprint density at radius 3 is 3.07 bits per heavy atom. The van der Waals surface area contributed by atoms with Crippen molar-refractivity contribution in [2.75, 3.05) is 7.05 Å². The van der Waals surface area contributed by atoms with Crippen molar-refractivity contribution in [2.45, 2.75) is 19.4 Å². The number of nitrogens with one attached hydrogen (secondary N) is 2. The molecule has 2 aromatic rings. The minimum atomic E-state index is 0.432. The predicted octanol–water partition coefficient (Wildman–Crippen LogP) is 2.37. The zero-order valence-electron chi connectivity index (χ0n) is 8.84. The van der Waals surface area contributed by atoms with Crippen molar-refractivity contribution in [1.82, 2.24) is 15.5 Å². The Bertz CT molecular complexity index is 464. The topological polar surface area (TPSA) is 40.7 Å². The van der Waals surface area contributed by atoms with Gasteiger partial charge in [0.05, 0.1) is 5.52 Å². The molecule has 15 heavy (non-hydrogen) atoms. The zero-order valence-corrected chi connectivity index (χ0v) is 9.60. The second-order valence-electron chi connectivity index (χ2n) is 3.74. The number of hydrogen-bond donors (Lipinski definition) is 2. The van der Waals surface area contributed by atoms with E-state index < -0.39 is 0 Å². The normalized spacial score (nSPS) is 13.3. The van der Waals surface area contributed by atoms with Crippen LogP contribution in [0.25, 0.3) is 10.9 Å². The number of halogens is 1. The largest absolute Gasteiger partial charge is 0.317 e. The molecule has 0 aliphatic heterocycles. The number of rotatable bonds is 3. The lowest BCUT2D eigenvalue weighted by atomic mass is 10.0. The lowest BCUT2D eigenvalue weighted by Gasteiger charge is -2.10. The lowest BCUT2D eigenvalue weighted by Crippen LogP contribution is -2.23. The van der Waals surface area contributed by atoms with E-state index in [2.05, 4.69) is 28.5 Å². The maximum absolute atomic E-state index is 6.07. The highest BCUT2D eigenvalue weighted by atomic mass is 35.5. The average molecular weight is 224 g/mol. The van der Waals surface area contributed by atoms with Gasteiger partial charge in [0.1, 0.15) is 5.15 Å². The first-order valence-corrected chi connectivity index (χ1v) is 5.39. The van der Waals surface area contributed by atoms with E-state index >= 15 is 0 Å². The standard InChI is InChI=1S/C11H14ClN3/c1-7(13-2)6-8-4-3-5-9-10(8)11(12)15-14-9/h3-5,7,13H,6H2,1-2H3,(H,14,15). The van der Waals surface area contributed by atoms with Crippen LogP contribution in [0.3, 0.4) is 0 Å². The molecule has 1 aromatic carbocycles. The van der Waals surface area contributed by atoms with Crippen LogP contribution < -0.4 is 5.32 Å². The van der Waals surface area contributed by atoms with Gasteiger partial charge in [-0.15, -0.1) is 0 Å². The zero-order chi connectivity index (χ0) is 10.8. The van der Waals surface area contributed by atoms with Gasteiger partial charge in [0, 0.05) is 11.4 Å². The van der Waals surface area contributed by atoms with E-state index in [0.717, 1.165) is 17.3 Å². The van der Waals surface area contributed by atoms with E-state index in [4.69, 9.17) is 11.6 Å². The molecule has 1 atom stereocenters. The van der Waals surface area contributed by atoms with Crippen LogP contribution in [0.1, 0.15) is 12.5 Å². The Morgan fingerprint density at radius 2 is 2.33 bits per heavy atom. The molecule has 80 valence electrons. The van der Waals surface area contributed by atoms with Crippen molar-refractivity contribution in [3.05, 3.63) is 28.9 Å². The quantitative estimate of drug-likeness (QED) is 0.839. The van der Waals surface area contributed by atoms with E-state index in [1.165, 1.54) is 5.56 Å². The highest BCUT2D eigenvalue weighted by Gasteiger charge is 2.09. The van der Waals surface area contributed by atoms with Gasteiger partial charge in [0.2, 0.25) is 0 Å². The van der Waals surface area contributed by atoms with Crippen LogP contribution in [0, 0.1) is 0 Å². The van der Waals surface area contributed by atoms with Gasteiger partial charge in [-0.2, -0.15) is 5.10 Å². The molecule has 0 aliphatic rings. The molecule has 1 aromatic heterocycles. The molecule has 0 radical (unpaired) electrons. The monoisotopic (exact) mass is 223 g/mol. The van der Waals surface area contributed by atoms with Crippen LogP contribution in [0.2, 0.25) is 5.15 Å². The van der Waals surface area contributed by atoms with Crippen LogP contribution in [0.4, 0.5) is 0 Å². The molecule has 0 saturated carbocycles. The molecule has 2 N–H and O–H groups in total. The number of likely N-dealkylation sites (N-methyl/N-ethyl adjacent to an activating group) is 1. The van der Waals surface area contributed by atoms with Crippen molar-refractivity contribution in [3.63, 3.8) is 0 Å². The molecule has 2 rings (SSSR count). The Hall–Kier alpha value is -1.06. The Kier molecular flexibility index (Phi) is 2.93. The first-order chi connectivity index (χ1) is 7.22. The molecule has 0 amide bonds. The average Bonchev–Trinajstić information content (AvgIpc) is 2.61. The van der Waals surface area contributed by atoms with Gasteiger partial charge in [0.15, 0.2) is 0 Å². The van der Waals surface area contributed by atoms with Crippen molar-refractivity contribution in [3.8, 4) is 0 Å². The number of fused-ring (bicyclic) bond motifs is 1. The van der Waals surface area contributed by atoms with Gasteiger partial charge in [-0.05, 0) is 32.0 Å². The maximum atomic E-state index is 6.07. The molecular weight excluding hydrogens is 210 g/mol. The third-order valence-corrected chi connectivity index (χ3v) is 2.92. The molecule has 0 fully saturated rings. The molecular formula is C11H14ClN3. The summed E-state index contributed by atoms with van der Waals surface area (Å²) in [5.41, 5.74) is 2.16. The number of aromatic amines is 1. The first kappa shape index (κ1) is 10.5. The summed E-state index contributed by atoms with van der Waals surface area (Å²) in [5.74, 6) is 0. The van der Waals surface area contributed by atoms with E-state index in [0.29, 0.717) is 11.2 Å². The van der Waals surface area contributed by atoms with Crippen molar-refractivity contribution >= 4 is 22.5 Å². The number of nitrogens with zero attached hydrogens (tertiary/aromatic N) is 1. The molecule has 4 heteroatoms. The summed E-state index contributed by atoms with van der Waals surface area (Å²) < 4.78 is 0. The molecule has 1 heterocycles. The van der Waals surface area contributed by atoms with Gasteiger partial charge in [-0.3, -0.25) is 5.10 Å². The number of H-pyrrole nitrogens is 1. The second kappa shape index (κ2) is 4.21. The minimum absolute atomic E-state index is 0.432. The highest BCUT2D eigenvalue weighted by molar-refractivity contribution is 6.34. The Balaban J connectivity index is 2.45. The van der Waals surface area contributed by atoms with Crippen molar-refractivity contribution in [1.29, 1.82) is 0 Å². The van der Waals surface area contributed by atoms with E-state index in [1.54, 1.807) is 0 Å². The van der Waals surface area contributed by atoms with Gasteiger partial charge in [0.25, 0.3) is 0 Å². The van der Waals surface area contributed by atoms with Gasteiger partial charge >= 0.3 is 0 Å². The first-order valence-electron chi connectivity index (χ1n) is 5.01. The smallest absolute Gasteiger partial charge is 0.132 e. The molecule has 1 unspecified atom stereocenters. The van der Waals surface area contributed by atoms with Gasteiger partial charge in [-0.1, -0.05) is 23.7 Å². The SMILES string of the molecule is CNC(C)Cc1cccc2n[nH]c(Cl)c12. The van der Waals surface area contributed by atoms with Crippen LogP contribution in [0.5, 0.6) is 0 Å². The number of aromatic nitrogens is 2. The van der Waals surface area contributed by atoms with Crippen LogP contribution in [-0.4, -0.2) is 23.3 Å². The summed E-state index contributed by atoms with van der Waals surface area (Å²) in [6.45, 7) is 2.15. The summed E-state index contributed by atoms with van der Waals surface area (Å²) in [7, 11) is 1.96. The van der Waals surface area contributed by atoms with Crippen LogP contribution in [0.15, 0.2) is 18.2 Å². The predicted molar refractivity (Wildman–Crippen MR) is 63.3 cm³/mol. The van der Waals surface area contributed by atoms with E-state index in [1.807, 2.05) is 19.2 Å². The van der Waals surface area contributed by atoms with Crippen LogP contribution in [-0.2, 0) is 6.42 Å². The molecule has 3 nitrogen and oxygen atoms in total. The number of hydrogen-bond acceptors (Lipinski definition) is 2. The summed E-state index contributed by atoms with van der Waals surface area (Å²) in [5, 5.41) is 11.8. The maximum Gasteiger partial charge on any atom is 0.132 e. The number of benzene rings is 1. The summed E-state index contributed by atoms with van der Waals surface area (Å²) in [4.78, 5) is 0. The minimum Gasteiger partial charge on any atom is -0.317 e. The summed E-state index contributed by atoms with van der Waals surface area (Å²) >= 11 is 6.07. The third kappa shape index (κ3) is 1.98. The van der Waals surface area contributed by atoms with E-state index in [9.17, 15) is 0 Å². The molecule has 0 saturated heterocycles. The summed E-state index contributed by atoms with van der Waals surface area (Å²) in [6, 6.07) is 6.50. The third-order valence-electron chi connectivity index (χ3n) is 2.64. The Labute approximate surface area is 93.8 Å².